The molecule has 0 spiro atoms. The molecule has 0 heterocycles. The van der Waals surface area contributed by atoms with Crippen LogP contribution < -0.4 is 0 Å². The molecule has 0 amide bonds. The summed E-state index contributed by atoms with van der Waals surface area (Å²) in [5.74, 6) is 0. The third-order valence-corrected chi connectivity index (χ3v) is 0. The van der Waals surface area contributed by atoms with Gasteiger partial charge in [0.2, 0.25) is 0 Å². The smallest absolute Gasteiger partial charge is 0.146 e. The molecule has 1 radical (unpaired) electrons. The van der Waals surface area contributed by atoms with E-state index in [0.717, 1.165) is 0 Å². The first kappa shape index (κ1) is 8.89. The summed E-state index contributed by atoms with van der Waals surface area (Å²) in [5.41, 5.74) is 0. The zero-order chi connectivity index (χ0) is 2.71. The van der Waals surface area contributed by atoms with Gasteiger partial charge in [0.25, 0.3) is 0 Å². The number of hydrogen-bond donors (Lipinski definition) is 1. The maximum absolute atomic E-state index is 8.36. The second-order valence-electron chi connectivity index (χ2n) is 0.105. The quantitative estimate of drug-likeness (QED) is 0.337. The molecular weight excluding hydrogens is 69.8 g/mol. The average Bonchev–Trinajstić information content (AvgIpc) is 0.918. The number of rotatable bonds is 0. The summed E-state index contributed by atoms with van der Waals surface area (Å²) in [6, 6.07) is 0. The van der Waals surface area contributed by atoms with E-state index in [1.54, 1.807) is 0 Å². The van der Waals surface area contributed by atoms with Crippen LogP contribution in [0.25, 0.3) is 0 Å². The van der Waals surface area contributed by atoms with Crippen LogP contribution in [-0.2, 0) is 4.70 Å². The molecule has 0 aromatic rings. The summed E-state index contributed by atoms with van der Waals surface area (Å²) in [4.78, 5) is 0. The molecule has 0 atom stereocenters. The van der Waals surface area contributed by atoms with Crippen molar-refractivity contribution in [1.82, 2.24) is 0 Å². The van der Waals surface area contributed by atoms with Crippen molar-refractivity contribution in [3.05, 3.63) is 0 Å². The maximum atomic E-state index is 8.36. The molecule has 0 aliphatic heterocycles. The molecule has 0 saturated heterocycles. The van der Waals surface area contributed by atoms with Crippen molar-refractivity contribution in [3.63, 3.8) is 0 Å². The molecule has 0 fully saturated rings. The van der Waals surface area contributed by atoms with Crippen molar-refractivity contribution in [2.75, 3.05) is 0 Å². The van der Waals surface area contributed by atoms with E-state index < -0.39 is 0 Å². The van der Waals surface area contributed by atoms with Gasteiger partial charge in [0.15, 0.2) is 0 Å². The standard InChI is InChI=1S/Al.BHO2.2H/c;2-1-3;;/h;2H;;. The number of hydrogen-bond acceptors (Lipinski definition) is 1. The molecule has 0 unspecified atom stereocenters. The molecular formula is H3AlBO2. The van der Waals surface area contributed by atoms with Crippen LogP contribution in [0.3, 0.4) is 0 Å². The molecule has 1 N–H and O–H groups in total. The second-order valence-corrected chi connectivity index (χ2v) is 0.105. The van der Waals surface area contributed by atoms with Gasteiger partial charge in [-0.2, -0.15) is 0 Å². The van der Waals surface area contributed by atoms with Gasteiger partial charge in [0.05, 0.1) is 0 Å². The second kappa shape index (κ2) is 10.8. The molecule has 0 aliphatic carbocycles. The summed E-state index contributed by atoms with van der Waals surface area (Å²) in [5, 5.41) is 6.89. The van der Waals surface area contributed by atoms with Crippen LogP contribution in [0.1, 0.15) is 0 Å². The Bertz CT molecular complexity index is 13.5. The monoisotopic (exact) mass is 73.0 g/mol. The van der Waals surface area contributed by atoms with E-state index >= 15 is 0 Å². The molecule has 21 valence electrons. The fourth-order valence-electron chi connectivity index (χ4n) is 0. The zero-order valence-electron chi connectivity index (χ0n) is 2.43. The molecule has 0 rings (SSSR count). The third-order valence-electron chi connectivity index (χ3n) is 0. The Kier molecular flexibility index (Phi) is 23.9. The topological polar surface area (TPSA) is 37.3 Å². The summed E-state index contributed by atoms with van der Waals surface area (Å²) < 4.78 is 8.36. The Hall–Kier alpha value is 0.197. The summed E-state index contributed by atoms with van der Waals surface area (Å²) >= 11 is 0. The molecule has 0 aliphatic rings. The van der Waals surface area contributed by atoms with Crippen LogP contribution in [-0.4, -0.2) is 29.7 Å². The van der Waals surface area contributed by atoms with Gasteiger partial charge in [-0.3, -0.25) is 0 Å². The molecule has 4 heavy (non-hydrogen) atoms. The van der Waals surface area contributed by atoms with Crippen molar-refractivity contribution in [3.8, 4) is 0 Å². The van der Waals surface area contributed by atoms with E-state index in [9.17, 15) is 0 Å². The van der Waals surface area contributed by atoms with Gasteiger partial charge < -0.3 is 0 Å². The van der Waals surface area contributed by atoms with E-state index in [1.807, 2.05) is 0 Å². The summed E-state index contributed by atoms with van der Waals surface area (Å²) in [7, 11) is -0.250. The largest absolute Gasteiger partial charge is 0.146 e. The minimum Gasteiger partial charge on any atom is 0.146 e. The van der Waals surface area contributed by atoms with Gasteiger partial charge in [0.1, 0.15) is 17.4 Å². The molecule has 0 bridgehead atoms. The van der Waals surface area contributed by atoms with E-state index in [1.165, 1.54) is 0 Å². The molecule has 2 nitrogen and oxygen atoms in total. The molecule has 0 aromatic heterocycles. The van der Waals surface area contributed by atoms with Gasteiger partial charge in [-0.05, 0) is 0 Å². The summed E-state index contributed by atoms with van der Waals surface area (Å²) in [6.45, 7) is 0. The van der Waals surface area contributed by atoms with Gasteiger partial charge >= 0.3 is 17.1 Å². The maximum Gasteiger partial charge on any atom is 0.146 e. The van der Waals surface area contributed by atoms with Crippen LogP contribution in [0.15, 0.2) is 0 Å². The Labute approximate surface area is 35.2 Å². The van der Waals surface area contributed by atoms with E-state index in [2.05, 4.69) is 0 Å². The van der Waals surface area contributed by atoms with Gasteiger partial charge in [-0.15, -0.1) is 0 Å². The summed E-state index contributed by atoms with van der Waals surface area (Å²) in [6.07, 6.45) is 0. The predicted molar refractivity (Wildman–Crippen MR) is 17.2 cm³/mol. The molecule has 0 aromatic carbocycles. The Balaban J connectivity index is 0. The van der Waals surface area contributed by atoms with Crippen molar-refractivity contribution in [1.29, 1.82) is 0 Å². The van der Waals surface area contributed by atoms with E-state index in [0.29, 0.717) is 0 Å². The Morgan fingerprint density at radius 3 is 1.75 bits per heavy atom. The van der Waals surface area contributed by atoms with Crippen molar-refractivity contribution in [2.45, 2.75) is 0 Å². The Morgan fingerprint density at radius 2 is 1.75 bits per heavy atom. The van der Waals surface area contributed by atoms with Gasteiger partial charge in [0, 0.05) is 0 Å². The van der Waals surface area contributed by atoms with Crippen LogP contribution in [0.2, 0.25) is 0 Å². The zero-order valence-corrected chi connectivity index (χ0v) is 4.43. The fourth-order valence-corrected chi connectivity index (χ4v) is 0. The molecule has 0 saturated carbocycles. The minimum absolute atomic E-state index is 0. The first-order chi connectivity index (χ1) is 1.41. The molecule has 4 heteroatoms. The fraction of sp³-hybridized carbons (Fsp3) is 0. The van der Waals surface area contributed by atoms with Gasteiger partial charge in [-0.25, -0.2) is 0 Å². The van der Waals surface area contributed by atoms with Gasteiger partial charge in [-0.1, -0.05) is 0 Å². The van der Waals surface area contributed by atoms with Crippen molar-refractivity contribution in [2.24, 2.45) is 0 Å². The van der Waals surface area contributed by atoms with Crippen LogP contribution >= 0.6 is 0 Å². The Morgan fingerprint density at radius 1 is 1.75 bits per heavy atom. The van der Waals surface area contributed by atoms with Crippen LogP contribution in [0, 0.1) is 0 Å². The van der Waals surface area contributed by atoms with E-state index in [4.69, 9.17) is 9.73 Å². The minimum atomic E-state index is -0.250. The van der Waals surface area contributed by atoms with Crippen LogP contribution in [0.4, 0.5) is 0 Å². The normalized spacial score (nSPS) is 2.00. The first-order valence-corrected chi connectivity index (χ1v) is 0.494. The van der Waals surface area contributed by atoms with Crippen molar-refractivity contribution < 1.29 is 9.73 Å². The van der Waals surface area contributed by atoms with Crippen molar-refractivity contribution >= 4 is 24.7 Å². The third kappa shape index (κ3) is 80.9. The first-order valence-electron chi connectivity index (χ1n) is 0.494. The van der Waals surface area contributed by atoms with Crippen LogP contribution in [0.5, 0.6) is 0 Å². The predicted octanol–water partition coefficient (Wildman–Crippen LogP) is -1.97. The average molecular weight is 72.8 g/mol. The SMILES string of the molecule is O=BO.[AlH2]. The van der Waals surface area contributed by atoms with E-state index in [-0.39, 0.29) is 24.7 Å².